The molecule has 2 atom stereocenters. The van der Waals surface area contributed by atoms with Crippen LogP contribution in [0.4, 0.5) is 14.4 Å². The molecule has 2 unspecified atom stereocenters. The minimum atomic E-state index is -0.990. The third-order valence-corrected chi connectivity index (χ3v) is 8.96. The van der Waals surface area contributed by atoms with Crippen LogP contribution in [0.3, 0.4) is 0 Å². The van der Waals surface area contributed by atoms with Gasteiger partial charge in [0.25, 0.3) is 0 Å². The predicted octanol–water partition coefficient (Wildman–Crippen LogP) is 7.51. The fourth-order valence-electron chi connectivity index (χ4n) is 6.37. The number of ether oxygens (including phenoxy) is 4. The highest BCUT2D eigenvalue weighted by Crippen LogP contribution is 2.44. The molecular formula is C44H58N4O9. The van der Waals surface area contributed by atoms with Crippen LogP contribution in [0.25, 0.3) is 11.1 Å². The maximum absolute atomic E-state index is 13.3. The number of nitrogens with one attached hydrogen (secondary N) is 4. The maximum Gasteiger partial charge on any atom is 0.408 e. The Morgan fingerprint density at radius 2 is 1.09 bits per heavy atom. The first-order valence-electron chi connectivity index (χ1n) is 19.7. The topological polar surface area (TPSA) is 170 Å². The molecule has 0 saturated carbocycles. The Morgan fingerprint density at radius 1 is 0.579 bits per heavy atom. The summed E-state index contributed by atoms with van der Waals surface area (Å²) >= 11 is 0. The second-order valence-corrected chi connectivity index (χ2v) is 16.0. The molecule has 0 spiro atoms. The fourth-order valence-corrected chi connectivity index (χ4v) is 6.37. The Balaban J connectivity index is 1.29. The second kappa shape index (κ2) is 21.1. The number of hydrogen-bond donors (Lipinski definition) is 4. The number of carbonyl (C=O) groups is 5. The van der Waals surface area contributed by atoms with E-state index < -0.39 is 53.4 Å². The molecule has 308 valence electrons. The van der Waals surface area contributed by atoms with Crippen LogP contribution in [-0.2, 0) is 35.1 Å². The van der Waals surface area contributed by atoms with Crippen LogP contribution < -0.4 is 21.3 Å². The molecule has 4 N–H and O–H groups in total. The first-order valence-corrected chi connectivity index (χ1v) is 19.7. The number of carbonyl (C=O) groups excluding carboxylic acids is 5. The molecule has 0 heterocycles. The third-order valence-electron chi connectivity index (χ3n) is 8.96. The molecule has 3 aromatic carbocycles. The van der Waals surface area contributed by atoms with E-state index in [0.717, 1.165) is 27.8 Å². The van der Waals surface area contributed by atoms with Gasteiger partial charge in [0.1, 0.15) is 36.5 Å². The summed E-state index contributed by atoms with van der Waals surface area (Å²) in [6.07, 6.45) is 0.571. The summed E-state index contributed by atoms with van der Waals surface area (Å²) in [7, 11) is 0. The second-order valence-electron chi connectivity index (χ2n) is 16.0. The Morgan fingerprint density at radius 3 is 1.68 bits per heavy atom. The molecule has 4 rings (SSSR count). The molecular weight excluding hydrogens is 729 g/mol. The highest BCUT2D eigenvalue weighted by molar-refractivity contribution is 5.85. The van der Waals surface area contributed by atoms with Gasteiger partial charge < -0.3 is 40.2 Å². The number of benzene rings is 3. The molecule has 13 nitrogen and oxygen atoms in total. The fraction of sp³-hybridized carbons (Fsp3) is 0.477. The van der Waals surface area contributed by atoms with E-state index in [1.165, 1.54) is 0 Å². The smallest absolute Gasteiger partial charge is 0.408 e. The predicted molar refractivity (Wildman–Crippen MR) is 216 cm³/mol. The van der Waals surface area contributed by atoms with Crippen molar-refractivity contribution in [2.75, 3.05) is 19.7 Å². The summed E-state index contributed by atoms with van der Waals surface area (Å²) in [5, 5.41) is 10.9. The Hall–Kier alpha value is -5.59. The van der Waals surface area contributed by atoms with Gasteiger partial charge in [0.2, 0.25) is 5.91 Å². The van der Waals surface area contributed by atoms with Crippen LogP contribution in [0.5, 0.6) is 0 Å². The molecule has 1 aliphatic rings. The summed E-state index contributed by atoms with van der Waals surface area (Å²) in [5.41, 5.74) is 3.80. The van der Waals surface area contributed by atoms with Gasteiger partial charge in [0.15, 0.2) is 0 Å². The average Bonchev–Trinajstić information content (AvgIpc) is 3.47. The van der Waals surface area contributed by atoms with Gasteiger partial charge in [0.05, 0.1) is 0 Å². The van der Waals surface area contributed by atoms with Gasteiger partial charge in [-0.2, -0.15) is 0 Å². The number of esters is 1. The quantitative estimate of drug-likeness (QED) is 0.0579. The lowest BCUT2D eigenvalue weighted by molar-refractivity contribution is -0.147. The molecule has 0 bridgehead atoms. The van der Waals surface area contributed by atoms with Crippen molar-refractivity contribution in [2.45, 2.75) is 116 Å². The summed E-state index contributed by atoms with van der Waals surface area (Å²) in [6, 6.07) is 23.5. The zero-order valence-corrected chi connectivity index (χ0v) is 34.0. The van der Waals surface area contributed by atoms with Gasteiger partial charge in [0, 0.05) is 19.0 Å². The summed E-state index contributed by atoms with van der Waals surface area (Å²) in [6.45, 7) is 11.3. The summed E-state index contributed by atoms with van der Waals surface area (Å²) in [4.78, 5) is 64.3. The van der Waals surface area contributed by atoms with Crippen LogP contribution in [0, 0.1) is 0 Å². The van der Waals surface area contributed by atoms with E-state index in [9.17, 15) is 24.0 Å². The Labute approximate surface area is 335 Å². The van der Waals surface area contributed by atoms with E-state index in [1.54, 1.807) is 41.5 Å². The molecule has 3 aromatic rings. The number of amides is 4. The van der Waals surface area contributed by atoms with Crippen molar-refractivity contribution in [1.82, 2.24) is 21.3 Å². The molecule has 0 fully saturated rings. The zero-order chi connectivity index (χ0) is 41.4. The van der Waals surface area contributed by atoms with E-state index in [1.807, 2.05) is 66.7 Å². The van der Waals surface area contributed by atoms with Crippen molar-refractivity contribution in [3.63, 3.8) is 0 Å². The third kappa shape index (κ3) is 15.1. The standard InChI is InChI=1S/C44H58N4O9/c1-43(2,3)56-40(51)46-27-17-14-24-36(47-42(53)57-44(4,5)6)38(49)45-26-16-15-25-37(39(50)54-28-30-18-8-7-9-19-30)48-41(52)55-29-35-33-22-12-10-20-31(33)32-21-11-13-23-34(32)35/h7-13,18-23,35-37H,14-17,24-29H2,1-6H3,(H,45,49)(H,46,51)(H,47,53)(H,48,52). The van der Waals surface area contributed by atoms with E-state index in [-0.39, 0.29) is 32.1 Å². The van der Waals surface area contributed by atoms with E-state index in [2.05, 4.69) is 33.4 Å². The monoisotopic (exact) mass is 786 g/mol. The Kier molecular flexibility index (Phi) is 16.3. The van der Waals surface area contributed by atoms with E-state index in [4.69, 9.17) is 18.9 Å². The number of fused-ring (bicyclic) bond motifs is 3. The van der Waals surface area contributed by atoms with Gasteiger partial charge in [-0.15, -0.1) is 0 Å². The number of hydrogen-bond acceptors (Lipinski definition) is 9. The summed E-state index contributed by atoms with van der Waals surface area (Å²) < 4.78 is 21.9. The molecule has 13 heteroatoms. The lowest BCUT2D eigenvalue weighted by Crippen LogP contribution is -2.48. The van der Waals surface area contributed by atoms with Crippen molar-refractivity contribution in [2.24, 2.45) is 0 Å². The first-order chi connectivity index (χ1) is 27.1. The number of alkyl carbamates (subject to hydrolysis) is 3. The first kappa shape index (κ1) is 44.1. The molecule has 0 saturated heterocycles. The molecule has 0 aromatic heterocycles. The van der Waals surface area contributed by atoms with E-state index in [0.29, 0.717) is 38.6 Å². The SMILES string of the molecule is CC(C)(C)OC(=O)NCCCCC(NC(=O)OC(C)(C)C)C(=O)NCCCCC(NC(=O)OCC1c2ccccc2-c2ccccc21)C(=O)OCc1ccccc1. The highest BCUT2D eigenvalue weighted by Gasteiger charge is 2.30. The van der Waals surface area contributed by atoms with Gasteiger partial charge in [-0.25, -0.2) is 19.2 Å². The number of rotatable bonds is 18. The van der Waals surface area contributed by atoms with Crippen molar-refractivity contribution < 1.29 is 42.9 Å². The van der Waals surface area contributed by atoms with Crippen LogP contribution >= 0.6 is 0 Å². The molecule has 0 aliphatic heterocycles. The van der Waals surface area contributed by atoms with Crippen molar-refractivity contribution in [3.8, 4) is 11.1 Å². The van der Waals surface area contributed by atoms with Gasteiger partial charge >= 0.3 is 24.2 Å². The van der Waals surface area contributed by atoms with Crippen molar-refractivity contribution in [1.29, 1.82) is 0 Å². The summed E-state index contributed by atoms with van der Waals surface area (Å²) in [5.74, 6) is -1.13. The van der Waals surface area contributed by atoms with E-state index >= 15 is 0 Å². The zero-order valence-electron chi connectivity index (χ0n) is 34.0. The Bertz CT molecular complexity index is 1760. The average molecular weight is 787 g/mol. The minimum Gasteiger partial charge on any atom is -0.459 e. The van der Waals surface area contributed by atoms with Crippen LogP contribution in [0.2, 0.25) is 0 Å². The molecule has 0 radical (unpaired) electrons. The highest BCUT2D eigenvalue weighted by atomic mass is 16.6. The van der Waals surface area contributed by atoms with Crippen molar-refractivity contribution >= 4 is 30.2 Å². The van der Waals surface area contributed by atoms with Crippen LogP contribution in [0.15, 0.2) is 78.9 Å². The minimum absolute atomic E-state index is 0.0434. The largest absolute Gasteiger partial charge is 0.459 e. The van der Waals surface area contributed by atoms with Gasteiger partial charge in [-0.1, -0.05) is 78.9 Å². The molecule has 57 heavy (non-hydrogen) atoms. The number of unbranched alkanes of at least 4 members (excludes halogenated alkanes) is 2. The van der Waals surface area contributed by atoms with Crippen molar-refractivity contribution in [3.05, 3.63) is 95.6 Å². The lowest BCUT2D eigenvalue weighted by Gasteiger charge is -2.23. The maximum atomic E-state index is 13.3. The lowest BCUT2D eigenvalue weighted by atomic mass is 9.98. The molecule has 4 amide bonds. The van der Waals surface area contributed by atoms with Crippen LogP contribution in [0.1, 0.15) is 103 Å². The van der Waals surface area contributed by atoms with Gasteiger partial charge in [-0.05, 0) is 108 Å². The van der Waals surface area contributed by atoms with Gasteiger partial charge in [-0.3, -0.25) is 4.79 Å². The van der Waals surface area contributed by atoms with Crippen LogP contribution in [-0.4, -0.2) is 73.1 Å². The normalized spacial score (nSPS) is 13.2. The molecule has 1 aliphatic carbocycles.